The Hall–Kier alpha value is -2.67. The van der Waals surface area contributed by atoms with Gasteiger partial charge in [-0.05, 0) is 73.0 Å². The van der Waals surface area contributed by atoms with Gasteiger partial charge >= 0.3 is 0 Å². The molecule has 0 unspecified atom stereocenters. The van der Waals surface area contributed by atoms with Gasteiger partial charge in [-0.25, -0.2) is 8.42 Å². The molecule has 3 aromatic carbocycles. The van der Waals surface area contributed by atoms with E-state index >= 15 is 0 Å². The van der Waals surface area contributed by atoms with Crippen LogP contribution in [0.15, 0.2) is 71.6 Å². The molecule has 0 atom stereocenters. The van der Waals surface area contributed by atoms with Crippen molar-refractivity contribution in [2.45, 2.75) is 24.8 Å². The number of nitrogens with zero attached hydrogens (tertiary/aromatic N) is 1. The SMILES string of the molecule is Cc1ccc(S(=O)(=O)N2CCc3ccc(NC(=O)c4ccc(Cl)cc4)cc3C2)cc1. The first-order chi connectivity index (χ1) is 14.3. The molecule has 3 aromatic rings. The first-order valence-corrected chi connectivity index (χ1v) is 11.4. The molecule has 0 radical (unpaired) electrons. The average Bonchev–Trinajstić information content (AvgIpc) is 2.74. The molecule has 4 rings (SSSR count). The molecule has 1 aliphatic rings. The van der Waals surface area contributed by atoms with Gasteiger partial charge in [0.25, 0.3) is 5.91 Å². The molecule has 30 heavy (non-hydrogen) atoms. The second-order valence-electron chi connectivity index (χ2n) is 7.35. The number of hydrogen-bond donors (Lipinski definition) is 1. The summed E-state index contributed by atoms with van der Waals surface area (Å²) in [5, 5.41) is 3.43. The summed E-state index contributed by atoms with van der Waals surface area (Å²) in [6.07, 6.45) is 0.631. The zero-order valence-corrected chi connectivity index (χ0v) is 18.0. The van der Waals surface area contributed by atoms with Crippen molar-refractivity contribution in [2.75, 3.05) is 11.9 Å². The molecule has 154 valence electrons. The van der Waals surface area contributed by atoms with Gasteiger partial charge in [-0.15, -0.1) is 0 Å². The van der Waals surface area contributed by atoms with Crippen molar-refractivity contribution in [1.82, 2.24) is 4.31 Å². The van der Waals surface area contributed by atoms with Crippen molar-refractivity contribution in [3.63, 3.8) is 0 Å². The molecular weight excluding hydrogens is 420 g/mol. The largest absolute Gasteiger partial charge is 0.322 e. The van der Waals surface area contributed by atoms with Crippen LogP contribution in [-0.2, 0) is 23.0 Å². The van der Waals surface area contributed by atoms with E-state index in [1.807, 2.05) is 25.1 Å². The minimum absolute atomic E-state index is 0.244. The Morgan fingerprint density at radius 3 is 2.37 bits per heavy atom. The second-order valence-corrected chi connectivity index (χ2v) is 9.72. The predicted molar refractivity (Wildman–Crippen MR) is 118 cm³/mol. The van der Waals surface area contributed by atoms with Crippen LogP contribution >= 0.6 is 11.6 Å². The van der Waals surface area contributed by atoms with E-state index in [1.54, 1.807) is 48.5 Å². The van der Waals surface area contributed by atoms with Gasteiger partial charge in [0.2, 0.25) is 10.0 Å². The summed E-state index contributed by atoms with van der Waals surface area (Å²) in [5.41, 5.74) is 4.13. The minimum atomic E-state index is -3.57. The summed E-state index contributed by atoms with van der Waals surface area (Å²) < 4.78 is 27.5. The number of carbonyl (C=O) groups excluding carboxylic acids is 1. The van der Waals surface area contributed by atoms with Gasteiger partial charge in [-0.1, -0.05) is 35.4 Å². The van der Waals surface area contributed by atoms with E-state index in [4.69, 9.17) is 11.6 Å². The zero-order valence-electron chi connectivity index (χ0n) is 16.4. The van der Waals surface area contributed by atoms with Crippen LogP contribution in [0.3, 0.4) is 0 Å². The van der Waals surface area contributed by atoms with Crippen LogP contribution in [0.1, 0.15) is 27.0 Å². The number of rotatable bonds is 4. The van der Waals surface area contributed by atoms with E-state index in [2.05, 4.69) is 5.32 Å². The third-order valence-corrected chi connectivity index (χ3v) is 7.32. The van der Waals surface area contributed by atoms with Crippen molar-refractivity contribution >= 4 is 33.2 Å². The maximum Gasteiger partial charge on any atom is 0.255 e. The first-order valence-electron chi connectivity index (χ1n) is 9.58. The maximum absolute atomic E-state index is 13.0. The molecule has 0 aliphatic carbocycles. The summed E-state index contributed by atoms with van der Waals surface area (Å²) in [6, 6.07) is 19.2. The molecule has 0 saturated heterocycles. The third-order valence-electron chi connectivity index (χ3n) is 5.21. The predicted octanol–water partition coefficient (Wildman–Crippen LogP) is 4.65. The number of benzene rings is 3. The zero-order chi connectivity index (χ0) is 21.3. The fourth-order valence-corrected chi connectivity index (χ4v) is 5.02. The number of aryl methyl sites for hydroxylation is 1. The van der Waals surface area contributed by atoms with E-state index in [-0.39, 0.29) is 12.5 Å². The molecule has 0 fully saturated rings. The molecular formula is C23H21ClN2O3S. The number of halogens is 1. The molecule has 0 spiro atoms. The van der Waals surface area contributed by atoms with Crippen LogP contribution in [0.4, 0.5) is 5.69 Å². The van der Waals surface area contributed by atoms with Crippen LogP contribution in [0.5, 0.6) is 0 Å². The number of anilines is 1. The highest BCUT2D eigenvalue weighted by atomic mass is 35.5. The molecule has 1 N–H and O–H groups in total. The fourth-order valence-electron chi connectivity index (χ4n) is 3.48. The van der Waals surface area contributed by atoms with E-state index in [0.29, 0.717) is 34.1 Å². The van der Waals surface area contributed by atoms with E-state index < -0.39 is 10.0 Å². The number of nitrogens with one attached hydrogen (secondary N) is 1. The number of amides is 1. The maximum atomic E-state index is 13.0. The standard InChI is InChI=1S/C23H21ClN2O3S/c1-16-2-10-22(11-3-16)30(28,29)26-13-12-17-6-9-21(14-19(17)15-26)25-23(27)18-4-7-20(24)8-5-18/h2-11,14H,12-13,15H2,1H3,(H,25,27). The normalized spacial score (nSPS) is 14.2. The molecule has 0 aromatic heterocycles. The van der Waals surface area contributed by atoms with Crippen LogP contribution < -0.4 is 5.32 Å². The Labute approximate surface area is 181 Å². The Bertz CT molecular complexity index is 1190. The summed E-state index contributed by atoms with van der Waals surface area (Å²) >= 11 is 5.87. The van der Waals surface area contributed by atoms with E-state index in [0.717, 1.165) is 16.7 Å². The Morgan fingerprint density at radius 1 is 0.967 bits per heavy atom. The minimum Gasteiger partial charge on any atom is -0.322 e. The van der Waals surface area contributed by atoms with Crippen LogP contribution in [0.2, 0.25) is 5.02 Å². The van der Waals surface area contributed by atoms with Gasteiger partial charge in [0, 0.05) is 29.4 Å². The molecule has 7 heteroatoms. The number of carbonyl (C=O) groups is 1. The summed E-state index contributed by atoms with van der Waals surface area (Å²) in [7, 11) is -3.57. The van der Waals surface area contributed by atoms with Crippen LogP contribution in [-0.4, -0.2) is 25.2 Å². The summed E-state index contributed by atoms with van der Waals surface area (Å²) in [6.45, 7) is 2.63. The molecule has 0 saturated carbocycles. The highest BCUT2D eigenvalue weighted by molar-refractivity contribution is 7.89. The lowest BCUT2D eigenvalue weighted by Crippen LogP contribution is -2.36. The molecule has 0 bridgehead atoms. The number of fused-ring (bicyclic) bond motifs is 1. The first kappa shape index (κ1) is 20.6. The quantitative estimate of drug-likeness (QED) is 0.642. The van der Waals surface area contributed by atoms with Crippen molar-refractivity contribution in [1.29, 1.82) is 0 Å². The molecule has 5 nitrogen and oxygen atoms in total. The van der Waals surface area contributed by atoms with Crippen molar-refractivity contribution in [3.8, 4) is 0 Å². The van der Waals surface area contributed by atoms with Gasteiger partial charge in [0.15, 0.2) is 0 Å². The van der Waals surface area contributed by atoms with Crippen LogP contribution in [0, 0.1) is 6.92 Å². The highest BCUT2D eigenvalue weighted by Gasteiger charge is 2.28. The van der Waals surface area contributed by atoms with Crippen LogP contribution in [0.25, 0.3) is 0 Å². The van der Waals surface area contributed by atoms with E-state index in [9.17, 15) is 13.2 Å². The molecule has 1 heterocycles. The van der Waals surface area contributed by atoms with Gasteiger partial charge < -0.3 is 5.32 Å². The van der Waals surface area contributed by atoms with Crippen molar-refractivity contribution < 1.29 is 13.2 Å². The molecule has 1 amide bonds. The second kappa shape index (κ2) is 8.22. The lowest BCUT2D eigenvalue weighted by Gasteiger charge is -2.28. The fraction of sp³-hybridized carbons (Fsp3) is 0.174. The number of sulfonamides is 1. The Morgan fingerprint density at radius 2 is 1.67 bits per heavy atom. The van der Waals surface area contributed by atoms with E-state index in [1.165, 1.54) is 4.31 Å². The highest BCUT2D eigenvalue weighted by Crippen LogP contribution is 2.27. The van der Waals surface area contributed by atoms with Gasteiger partial charge in [0.1, 0.15) is 0 Å². The summed E-state index contributed by atoms with van der Waals surface area (Å²) in [4.78, 5) is 12.8. The van der Waals surface area contributed by atoms with Crippen molar-refractivity contribution in [2.24, 2.45) is 0 Å². The van der Waals surface area contributed by atoms with Gasteiger partial charge in [0.05, 0.1) is 4.90 Å². The van der Waals surface area contributed by atoms with Gasteiger partial charge in [-0.3, -0.25) is 4.79 Å². The molecule has 1 aliphatic heterocycles. The lowest BCUT2D eigenvalue weighted by molar-refractivity contribution is 0.102. The van der Waals surface area contributed by atoms with Gasteiger partial charge in [-0.2, -0.15) is 4.31 Å². The Kier molecular flexibility index (Phi) is 5.64. The smallest absolute Gasteiger partial charge is 0.255 e. The average molecular weight is 441 g/mol. The monoisotopic (exact) mass is 440 g/mol. The van der Waals surface area contributed by atoms with Crippen molar-refractivity contribution in [3.05, 3.63) is 94.0 Å². The topological polar surface area (TPSA) is 66.5 Å². The Balaban J connectivity index is 1.54. The number of hydrogen-bond acceptors (Lipinski definition) is 3. The third kappa shape index (κ3) is 4.26. The lowest BCUT2D eigenvalue weighted by atomic mass is 10.0. The summed E-state index contributed by atoms with van der Waals surface area (Å²) in [5.74, 6) is -0.244.